The molecule has 12 nitrogen and oxygen atoms in total. The molecule has 268 valence electrons. The SMILES string of the molecule is CCCC[C@@H](CC(=O)[C@@H](Cc1ccccc1)NC(=O)[C@H](C)Cc1ccccc1)C(=O)N[C@H](Cc1cnc(NC(=O)OC(C)(C)C)nc1)C(=O)O. The highest BCUT2D eigenvalue weighted by atomic mass is 16.6. The molecule has 0 bridgehead atoms. The van der Waals surface area contributed by atoms with E-state index in [0.29, 0.717) is 24.8 Å². The van der Waals surface area contributed by atoms with E-state index in [1.807, 2.05) is 74.5 Å². The number of carboxylic acid groups (broad SMARTS) is 1. The lowest BCUT2D eigenvalue weighted by atomic mass is 9.90. The number of carboxylic acids is 1. The van der Waals surface area contributed by atoms with E-state index in [9.17, 15) is 29.1 Å². The molecule has 3 amide bonds. The minimum atomic E-state index is -1.33. The lowest BCUT2D eigenvalue weighted by molar-refractivity contribution is -0.142. The molecule has 4 atom stereocenters. The average Bonchev–Trinajstić information content (AvgIpc) is 3.06. The largest absolute Gasteiger partial charge is 0.480 e. The number of carbonyl (C=O) groups excluding carboxylic acids is 4. The maximum atomic E-state index is 13.9. The molecule has 1 aromatic heterocycles. The van der Waals surface area contributed by atoms with Gasteiger partial charge in [0.2, 0.25) is 17.8 Å². The normalized spacial score (nSPS) is 13.6. The topological polar surface area (TPSA) is 177 Å². The molecule has 0 aliphatic heterocycles. The van der Waals surface area contributed by atoms with Crippen molar-refractivity contribution in [2.24, 2.45) is 11.8 Å². The first kappa shape index (κ1) is 39.3. The van der Waals surface area contributed by atoms with Gasteiger partial charge in [0.1, 0.15) is 11.6 Å². The van der Waals surface area contributed by atoms with Crippen molar-refractivity contribution in [1.82, 2.24) is 20.6 Å². The first-order chi connectivity index (χ1) is 23.7. The quantitative estimate of drug-likeness (QED) is 0.138. The molecule has 0 unspecified atom stereocenters. The lowest BCUT2D eigenvalue weighted by Gasteiger charge is -2.24. The van der Waals surface area contributed by atoms with Gasteiger partial charge < -0.3 is 20.5 Å². The van der Waals surface area contributed by atoms with Crippen LogP contribution in [0.15, 0.2) is 73.1 Å². The zero-order valence-corrected chi connectivity index (χ0v) is 29.5. The number of anilines is 1. The molecular weight excluding hydrogens is 638 g/mol. The average molecular weight is 688 g/mol. The molecule has 0 saturated heterocycles. The molecule has 0 saturated carbocycles. The van der Waals surface area contributed by atoms with Gasteiger partial charge in [-0.2, -0.15) is 0 Å². The Morgan fingerprint density at radius 2 is 1.32 bits per heavy atom. The second-order valence-electron chi connectivity index (χ2n) is 13.5. The van der Waals surface area contributed by atoms with E-state index < -0.39 is 47.5 Å². The van der Waals surface area contributed by atoms with Crippen LogP contribution in [0.1, 0.15) is 77.0 Å². The number of unbranched alkanes of at least 4 members (excludes halogenated alkanes) is 1. The maximum Gasteiger partial charge on any atom is 0.414 e. The van der Waals surface area contributed by atoms with E-state index in [1.165, 1.54) is 12.4 Å². The zero-order chi connectivity index (χ0) is 36.7. The van der Waals surface area contributed by atoms with Crippen LogP contribution in [0.25, 0.3) is 0 Å². The molecule has 0 spiro atoms. The third kappa shape index (κ3) is 13.8. The molecule has 3 aromatic rings. The zero-order valence-electron chi connectivity index (χ0n) is 29.5. The van der Waals surface area contributed by atoms with Gasteiger partial charge in [0.15, 0.2) is 5.78 Å². The lowest BCUT2D eigenvalue weighted by Crippen LogP contribution is -2.48. The summed E-state index contributed by atoms with van der Waals surface area (Å²) >= 11 is 0. The van der Waals surface area contributed by atoms with Crippen molar-refractivity contribution in [3.05, 3.63) is 89.7 Å². The molecule has 50 heavy (non-hydrogen) atoms. The van der Waals surface area contributed by atoms with Crippen LogP contribution >= 0.6 is 0 Å². The van der Waals surface area contributed by atoms with Crippen LogP contribution in [0.3, 0.4) is 0 Å². The summed E-state index contributed by atoms with van der Waals surface area (Å²) in [5.41, 5.74) is 1.56. The number of rotatable bonds is 18. The van der Waals surface area contributed by atoms with Gasteiger partial charge in [0.05, 0.1) is 6.04 Å². The summed E-state index contributed by atoms with van der Waals surface area (Å²) in [5.74, 6) is -3.63. The van der Waals surface area contributed by atoms with Crippen LogP contribution < -0.4 is 16.0 Å². The molecule has 1 heterocycles. The summed E-state index contributed by atoms with van der Waals surface area (Å²) in [6, 6.07) is 16.8. The van der Waals surface area contributed by atoms with Crippen molar-refractivity contribution in [3.63, 3.8) is 0 Å². The number of hydrogen-bond acceptors (Lipinski definition) is 8. The highest BCUT2D eigenvalue weighted by molar-refractivity contribution is 5.94. The highest BCUT2D eigenvalue weighted by Crippen LogP contribution is 2.19. The fourth-order valence-corrected chi connectivity index (χ4v) is 5.28. The molecule has 0 radical (unpaired) electrons. The van der Waals surface area contributed by atoms with Crippen LogP contribution in [0.2, 0.25) is 0 Å². The molecular formula is C38H49N5O7. The molecule has 12 heteroatoms. The fraction of sp³-hybridized carbons (Fsp3) is 0.447. The predicted molar refractivity (Wildman–Crippen MR) is 189 cm³/mol. The summed E-state index contributed by atoms with van der Waals surface area (Å²) < 4.78 is 5.18. The van der Waals surface area contributed by atoms with Gasteiger partial charge in [-0.1, -0.05) is 87.4 Å². The van der Waals surface area contributed by atoms with Crippen molar-refractivity contribution < 1.29 is 33.8 Å². The van der Waals surface area contributed by atoms with Gasteiger partial charge in [-0.05, 0) is 56.7 Å². The van der Waals surface area contributed by atoms with Gasteiger partial charge in [0, 0.05) is 37.1 Å². The highest BCUT2D eigenvalue weighted by Gasteiger charge is 2.31. The van der Waals surface area contributed by atoms with Gasteiger partial charge in [0.25, 0.3) is 0 Å². The van der Waals surface area contributed by atoms with Crippen molar-refractivity contribution >= 4 is 35.6 Å². The second kappa shape index (κ2) is 19.2. The Morgan fingerprint density at radius 1 is 0.780 bits per heavy atom. The Bertz CT molecular complexity index is 1560. The second-order valence-corrected chi connectivity index (χ2v) is 13.5. The first-order valence-corrected chi connectivity index (χ1v) is 17.0. The number of benzene rings is 2. The smallest absolute Gasteiger partial charge is 0.414 e. The number of hydrogen-bond donors (Lipinski definition) is 4. The number of ether oxygens (including phenoxy) is 1. The van der Waals surface area contributed by atoms with E-state index in [2.05, 4.69) is 25.9 Å². The van der Waals surface area contributed by atoms with Gasteiger partial charge in [-0.3, -0.25) is 19.7 Å². The number of amides is 3. The van der Waals surface area contributed by atoms with Crippen molar-refractivity contribution in [2.45, 2.75) is 97.2 Å². The molecule has 2 aromatic carbocycles. The number of nitrogens with one attached hydrogen (secondary N) is 3. The van der Waals surface area contributed by atoms with Crippen LogP contribution in [-0.4, -0.2) is 62.4 Å². The van der Waals surface area contributed by atoms with Crippen LogP contribution in [-0.2, 0) is 43.2 Å². The van der Waals surface area contributed by atoms with E-state index in [4.69, 9.17) is 4.74 Å². The third-order valence-electron chi connectivity index (χ3n) is 7.92. The minimum Gasteiger partial charge on any atom is -0.480 e. The Balaban J connectivity index is 1.71. The molecule has 3 rings (SSSR count). The van der Waals surface area contributed by atoms with Gasteiger partial charge in [-0.25, -0.2) is 19.6 Å². The summed E-state index contributed by atoms with van der Waals surface area (Å²) in [7, 11) is 0. The summed E-state index contributed by atoms with van der Waals surface area (Å²) in [4.78, 5) is 73.1. The number of aromatic nitrogens is 2. The Hall–Kier alpha value is -5.13. The van der Waals surface area contributed by atoms with Gasteiger partial charge >= 0.3 is 12.1 Å². The standard InChI is InChI=1S/C38H49N5O7/c1-6-7-18-29(34(46)42-31(35(47)48)21-28-23-39-36(40-24-28)43-37(49)50-38(3,4)5)22-32(44)30(20-27-16-12-9-13-17-27)41-33(45)25(2)19-26-14-10-8-11-15-26/h8-17,23-25,29-31H,6-7,18-22H2,1-5H3,(H,41,45)(H,42,46)(H,47,48)(H,39,40,43,49)/t25-,29+,30-,31-/m1/s1. The number of carbonyl (C=O) groups is 5. The van der Waals surface area contributed by atoms with Crippen LogP contribution in [0.4, 0.5) is 10.7 Å². The van der Waals surface area contributed by atoms with Crippen molar-refractivity contribution in [1.29, 1.82) is 0 Å². The Labute approximate surface area is 293 Å². The number of ketones is 1. The molecule has 0 aliphatic rings. The minimum absolute atomic E-state index is 0.0244. The molecule has 0 aliphatic carbocycles. The number of Topliss-reactive ketones (excluding diaryl/α,β-unsaturated/α-hetero) is 1. The Morgan fingerprint density at radius 3 is 1.86 bits per heavy atom. The van der Waals surface area contributed by atoms with Crippen LogP contribution in [0, 0.1) is 11.8 Å². The summed E-state index contributed by atoms with van der Waals surface area (Å²) in [5, 5.41) is 17.9. The third-order valence-corrected chi connectivity index (χ3v) is 7.92. The summed E-state index contributed by atoms with van der Waals surface area (Å²) in [6.07, 6.45) is 4.21. The van der Waals surface area contributed by atoms with Gasteiger partial charge in [-0.15, -0.1) is 0 Å². The van der Waals surface area contributed by atoms with E-state index >= 15 is 0 Å². The maximum absolute atomic E-state index is 13.9. The van der Waals surface area contributed by atoms with E-state index in [-0.39, 0.29) is 36.9 Å². The molecule has 4 N–H and O–H groups in total. The predicted octanol–water partition coefficient (Wildman–Crippen LogP) is 5.31. The Kier molecular flexibility index (Phi) is 15.1. The van der Waals surface area contributed by atoms with E-state index in [0.717, 1.165) is 17.5 Å². The van der Waals surface area contributed by atoms with E-state index in [1.54, 1.807) is 20.8 Å². The van der Waals surface area contributed by atoms with Crippen molar-refractivity contribution in [3.8, 4) is 0 Å². The van der Waals surface area contributed by atoms with Crippen LogP contribution in [0.5, 0.6) is 0 Å². The fourth-order valence-electron chi connectivity index (χ4n) is 5.28. The monoisotopic (exact) mass is 687 g/mol. The summed E-state index contributed by atoms with van der Waals surface area (Å²) in [6.45, 7) is 8.93. The first-order valence-electron chi connectivity index (χ1n) is 17.0. The number of aliphatic carboxylic acids is 1. The van der Waals surface area contributed by atoms with Crippen molar-refractivity contribution in [2.75, 3.05) is 5.32 Å². The number of nitrogens with zero attached hydrogens (tertiary/aromatic N) is 2. The molecule has 0 fully saturated rings.